The van der Waals surface area contributed by atoms with Gasteiger partial charge in [0.05, 0.1) is 10.0 Å². The first-order valence-corrected chi connectivity index (χ1v) is 9.90. The summed E-state index contributed by atoms with van der Waals surface area (Å²) in [5.74, 6) is 0.751. The van der Waals surface area contributed by atoms with E-state index in [4.69, 9.17) is 42.5 Å². The molecule has 3 rings (SSSR count). The minimum atomic E-state index is -1.03. The molecule has 0 bridgehead atoms. The molecule has 30 heavy (non-hydrogen) atoms. The van der Waals surface area contributed by atoms with Gasteiger partial charge in [0.2, 0.25) is 0 Å². The van der Waals surface area contributed by atoms with Gasteiger partial charge in [-0.3, -0.25) is 0 Å². The molecule has 7 heteroatoms. The van der Waals surface area contributed by atoms with Gasteiger partial charge in [0.1, 0.15) is 30.5 Å². The molecule has 0 fully saturated rings. The van der Waals surface area contributed by atoms with Gasteiger partial charge in [-0.25, -0.2) is 4.79 Å². The molecule has 0 aliphatic carbocycles. The standard InChI is InChI=1S/C23H20Cl2O5/c1-15-4-2-5-17(23(15)30-14-22(26)27)13-29-19-7-3-6-18(11-19)28-12-16-8-9-20(24)21(25)10-16/h2-11H,12-14H2,1H3,(H,26,27). The summed E-state index contributed by atoms with van der Waals surface area (Å²) in [4.78, 5) is 10.8. The van der Waals surface area contributed by atoms with Crippen molar-refractivity contribution in [2.45, 2.75) is 20.1 Å². The van der Waals surface area contributed by atoms with Crippen LogP contribution in [0.4, 0.5) is 0 Å². The summed E-state index contributed by atoms with van der Waals surface area (Å²) in [5, 5.41) is 9.85. The molecule has 0 heterocycles. The van der Waals surface area contributed by atoms with Crippen LogP contribution in [0.15, 0.2) is 60.7 Å². The van der Waals surface area contributed by atoms with Crippen LogP contribution in [0.3, 0.4) is 0 Å². The van der Waals surface area contributed by atoms with E-state index in [0.29, 0.717) is 33.9 Å². The first-order chi connectivity index (χ1) is 14.4. The number of carboxylic acids is 1. The Bertz CT molecular complexity index is 1040. The van der Waals surface area contributed by atoms with Gasteiger partial charge in [-0.2, -0.15) is 0 Å². The largest absolute Gasteiger partial charge is 0.489 e. The molecule has 0 saturated carbocycles. The predicted molar refractivity (Wildman–Crippen MR) is 116 cm³/mol. The molecule has 3 aromatic rings. The highest BCUT2D eigenvalue weighted by molar-refractivity contribution is 6.42. The molecular weight excluding hydrogens is 427 g/mol. The van der Waals surface area contributed by atoms with Crippen LogP contribution >= 0.6 is 23.2 Å². The Labute approximate surface area is 184 Å². The second-order valence-corrected chi connectivity index (χ2v) is 7.36. The number of carboxylic acid groups (broad SMARTS) is 1. The highest BCUT2D eigenvalue weighted by Crippen LogP contribution is 2.27. The van der Waals surface area contributed by atoms with Crippen molar-refractivity contribution in [3.63, 3.8) is 0 Å². The molecule has 0 atom stereocenters. The molecule has 0 aliphatic rings. The van der Waals surface area contributed by atoms with Crippen molar-refractivity contribution in [2.75, 3.05) is 6.61 Å². The van der Waals surface area contributed by atoms with E-state index in [-0.39, 0.29) is 6.61 Å². The predicted octanol–water partition coefficient (Wildman–Crippen LogP) is 5.92. The van der Waals surface area contributed by atoms with E-state index in [1.807, 2.05) is 49.4 Å². The number of aliphatic carboxylic acids is 1. The van der Waals surface area contributed by atoms with E-state index >= 15 is 0 Å². The number of benzene rings is 3. The zero-order chi connectivity index (χ0) is 21.5. The van der Waals surface area contributed by atoms with Gasteiger partial charge in [0.15, 0.2) is 6.61 Å². The van der Waals surface area contributed by atoms with Crippen LogP contribution in [0.2, 0.25) is 10.0 Å². The molecule has 0 aromatic heterocycles. The lowest BCUT2D eigenvalue weighted by molar-refractivity contribution is -0.139. The number of aryl methyl sites for hydroxylation is 1. The maximum absolute atomic E-state index is 10.8. The molecule has 0 unspecified atom stereocenters. The maximum atomic E-state index is 10.8. The van der Waals surface area contributed by atoms with Crippen LogP contribution < -0.4 is 14.2 Å². The monoisotopic (exact) mass is 446 g/mol. The fraction of sp³-hybridized carbons (Fsp3) is 0.174. The SMILES string of the molecule is Cc1cccc(COc2cccc(OCc3ccc(Cl)c(Cl)c3)c2)c1OCC(=O)O. The molecule has 3 aromatic carbocycles. The van der Waals surface area contributed by atoms with Gasteiger partial charge in [-0.15, -0.1) is 0 Å². The van der Waals surface area contributed by atoms with Gasteiger partial charge < -0.3 is 19.3 Å². The number of para-hydroxylation sites is 1. The lowest BCUT2D eigenvalue weighted by Crippen LogP contribution is -2.12. The van der Waals surface area contributed by atoms with Crippen LogP contribution in [0.5, 0.6) is 17.2 Å². The Morgan fingerprint density at radius 3 is 2.27 bits per heavy atom. The number of rotatable bonds is 9. The summed E-state index contributed by atoms with van der Waals surface area (Å²) < 4.78 is 17.1. The third-order valence-electron chi connectivity index (χ3n) is 4.22. The van der Waals surface area contributed by atoms with E-state index in [1.54, 1.807) is 18.2 Å². The van der Waals surface area contributed by atoms with Gasteiger partial charge in [-0.05, 0) is 42.3 Å². The fourth-order valence-corrected chi connectivity index (χ4v) is 3.10. The van der Waals surface area contributed by atoms with E-state index < -0.39 is 12.6 Å². The summed E-state index contributed by atoms with van der Waals surface area (Å²) >= 11 is 12.0. The van der Waals surface area contributed by atoms with Crippen LogP contribution in [0, 0.1) is 6.92 Å². The lowest BCUT2D eigenvalue weighted by Gasteiger charge is -2.14. The van der Waals surface area contributed by atoms with Crippen molar-refractivity contribution >= 4 is 29.2 Å². The number of hydrogen-bond donors (Lipinski definition) is 1. The third kappa shape index (κ3) is 6.05. The normalized spacial score (nSPS) is 10.5. The zero-order valence-electron chi connectivity index (χ0n) is 16.2. The summed E-state index contributed by atoms with van der Waals surface area (Å²) in [5.41, 5.74) is 2.50. The minimum absolute atomic E-state index is 0.229. The fourth-order valence-electron chi connectivity index (χ4n) is 2.78. The van der Waals surface area contributed by atoms with Gasteiger partial charge >= 0.3 is 5.97 Å². The van der Waals surface area contributed by atoms with E-state index in [9.17, 15) is 4.79 Å². The molecule has 1 N–H and O–H groups in total. The average molecular weight is 447 g/mol. The first-order valence-electron chi connectivity index (χ1n) is 9.15. The van der Waals surface area contributed by atoms with Crippen molar-refractivity contribution in [2.24, 2.45) is 0 Å². The highest BCUT2D eigenvalue weighted by atomic mass is 35.5. The Morgan fingerprint density at radius 1 is 0.867 bits per heavy atom. The quantitative estimate of drug-likeness (QED) is 0.441. The smallest absolute Gasteiger partial charge is 0.341 e. The van der Waals surface area contributed by atoms with Gasteiger partial charge in [0, 0.05) is 11.6 Å². The zero-order valence-corrected chi connectivity index (χ0v) is 17.7. The van der Waals surface area contributed by atoms with Crippen molar-refractivity contribution in [3.05, 3.63) is 87.4 Å². The van der Waals surface area contributed by atoms with Crippen LogP contribution in [0.1, 0.15) is 16.7 Å². The van der Waals surface area contributed by atoms with Gasteiger partial charge in [-0.1, -0.05) is 53.5 Å². The topological polar surface area (TPSA) is 65.0 Å². The van der Waals surface area contributed by atoms with Crippen molar-refractivity contribution < 1.29 is 24.1 Å². The summed E-state index contributed by atoms with van der Waals surface area (Å²) in [6.45, 7) is 2.02. The summed E-state index contributed by atoms with van der Waals surface area (Å²) in [7, 11) is 0. The average Bonchev–Trinajstić information content (AvgIpc) is 2.72. The number of ether oxygens (including phenoxy) is 3. The molecular formula is C23H20Cl2O5. The first kappa shape index (κ1) is 21.8. The number of carbonyl (C=O) groups is 1. The molecule has 5 nitrogen and oxygen atoms in total. The summed E-state index contributed by atoms with van der Waals surface area (Å²) in [6.07, 6.45) is 0. The minimum Gasteiger partial charge on any atom is -0.489 e. The lowest BCUT2D eigenvalue weighted by atomic mass is 10.1. The second-order valence-electron chi connectivity index (χ2n) is 6.55. The third-order valence-corrected chi connectivity index (χ3v) is 4.96. The molecule has 0 saturated heterocycles. The van der Waals surface area contributed by atoms with Crippen molar-refractivity contribution in [1.29, 1.82) is 0 Å². The van der Waals surface area contributed by atoms with Crippen LogP contribution in [-0.4, -0.2) is 17.7 Å². The van der Waals surface area contributed by atoms with E-state index in [2.05, 4.69) is 0 Å². The van der Waals surface area contributed by atoms with Crippen molar-refractivity contribution in [3.8, 4) is 17.2 Å². The number of hydrogen-bond acceptors (Lipinski definition) is 4. The molecule has 156 valence electrons. The Balaban J connectivity index is 1.64. The van der Waals surface area contributed by atoms with Crippen LogP contribution in [-0.2, 0) is 18.0 Å². The van der Waals surface area contributed by atoms with Gasteiger partial charge in [0.25, 0.3) is 0 Å². The highest BCUT2D eigenvalue weighted by Gasteiger charge is 2.10. The Hall–Kier alpha value is -2.89. The molecule has 0 amide bonds. The molecule has 0 spiro atoms. The van der Waals surface area contributed by atoms with Crippen molar-refractivity contribution in [1.82, 2.24) is 0 Å². The van der Waals surface area contributed by atoms with Crippen LogP contribution in [0.25, 0.3) is 0 Å². The molecule has 0 radical (unpaired) electrons. The van der Waals surface area contributed by atoms with E-state index in [1.165, 1.54) is 0 Å². The van der Waals surface area contributed by atoms with E-state index in [0.717, 1.165) is 16.7 Å². The Kier molecular flexibility index (Phi) is 7.44. The summed E-state index contributed by atoms with van der Waals surface area (Å²) in [6, 6.07) is 18.2. The Morgan fingerprint density at radius 2 is 1.57 bits per heavy atom. The number of halogens is 2. The second kappa shape index (κ2) is 10.2. The maximum Gasteiger partial charge on any atom is 0.341 e. The molecule has 0 aliphatic heterocycles.